The molecule has 0 bridgehead atoms. The summed E-state index contributed by atoms with van der Waals surface area (Å²) in [5, 5.41) is 0. The summed E-state index contributed by atoms with van der Waals surface area (Å²) in [6, 6.07) is 9.23. The van der Waals surface area contributed by atoms with Gasteiger partial charge in [-0.1, -0.05) is 12.1 Å². The maximum absolute atomic E-state index is 14.3. The fourth-order valence-electron chi connectivity index (χ4n) is 3.64. The molecular weight excluding hydrogens is 340 g/mol. The smallest absolute Gasteiger partial charge is 0.308 e. The van der Waals surface area contributed by atoms with Crippen LogP contribution in [0.15, 0.2) is 41.2 Å². The molecule has 0 unspecified atom stereocenters. The van der Waals surface area contributed by atoms with E-state index in [-0.39, 0.29) is 17.9 Å². The Hall–Kier alpha value is -2.96. The number of rotatable bonds is 2. The summed E-state index contributed by atoms with van der Waals surface area (Å²) >= 11 is 0. The highest BCUT2D eigenvalue weighted by molar-refractivity contribution is 5.95. The van der Waals surface area contributed by atoms with Gasteiger partial charge in [0.1, 0.15) is 18.2 Å². The van der Waals surface area contributed by atoms with Crippen molar-refractivity contribution in [2.45, 2.75) is 19.4 Å². The molecule has 134 valence electrons. The highest BCUT2D eigenvalue weighted by atomic mass is 19.1. The van der Waals surface area contributed by atoms with E-state index in [1.807, 2.05) is 6.07 Å². The van der Waals surface area contributed by atoms with Gasteiger partial charge in [-0.05, 0) is 36.6 Å². The van der Waals surface area contributed by atoms with Crippen molar-refractivity contribution in [1.29, 1.82) is 0 Å². The van der Waals surface area contributed by atoms with Gasteiger partial charge >= 0.3 is 5.69 Å². The van der Waals surface area contributed by atoms with Gasteiger partial charge in [0.2, 0.25) is 5.91 Å². The van der Waals surface area contributed by atoms with Crippen LogP contribution < -0.4 is 10.6 Å². The molecule has 7 heteroatoms. The Morgan fingerprint density at radius 2 is 1.88 bits per heavy atom. The molecule has 26 heavy (non-hydrogen) atoms. The lowest BCUT2D eigenvalue weighted by molar-refractivity contribution is -0.119. The van der Waals surface area contributed by atoms with Crippen molar-refractivity contribution in [2.75, 3.05) is 11.4 Å². The largest absolute Gasteiger partial charge is 0.329 e. The van der Waals surface area contributed by atoms with Crippen LogP contribution in [0.1, 0.15) is 12.0 Å². The second-order valence-corrected chi connectivity index (χ2v) is 6.46. The van der Waals surface area contributed by atoms with Gasteiger partial charge in [0.05, 0.1) is 16.7 Å². The summed E-state index contributed by atoms with van der Waals surface area (Å²) < 4.78 is 30.6. The molecule has 0 atom stereocenters. The molecule has 0 radical (unpaired) electrons. The maximum atomic E-state index is 14.3. The number of nitrogens with zero attached hydrogens (tertiary/aromatic N) is 3. The quantitative estimate of drug-likeness (QED) is 0.708. The van der Waals surface area contributed by atoms with E-state index in [0.29, 0.717) is 30.5 Å². The Kier molecular flexibility index (Phi) is 3.86. The normalized spacial score (nSPS) is 13.9. The molecular formula is C19H17F2N3O2. The lowest BCUT2D eigenvalue weighted by Crippen LogP contribution is -2.40. The molecule has 3 aromatic rings. The van der Waals surface area contributed by atoms with E-state index in [9.17, 15) is 18.4 Å². The first-order chi connectivity index (χ1) is 12.5. The van der Waals surface area contributed by atoms with Crippen molar-refractivity contribution >= 4 is 22.6 Å². The van der Waals surface area contributed by atoms with E-state index >= 15 is 0 Å². The summed E-state index contributed by atoms with van der Waals surface area (Å²) in [6.45, 7) is 0.143. The van der Waals surface area contributed by atoms with E-state index in [1.165, 1.54) is 20.1 Å². The summed E-state index contributed by atoms with van der Waals surface area (Å²) in [4.78, 5) is 26.7. The summed E-state index contributed by atoms with van der Waals surface area (Å²) in [7, 11) is 1.64. The molecule has 2 heterocycles. The third-order valence-electron chi connectivity index (χ3n) is 4.85. The molecule has 4 rings (SSSR count). The predicted octanol–water partition coefficient (Wildman–Crippen LogP) is 2.60. The molecule has 2 aromatic carbocycles. The van der Waals surface area contributed by atoms with Crippen LogP contribution >= 0.6 is 0 Å². The number of hydrogen-bond donors (Lipinski definition) is 0. The van der Waals surface area contributed by atoms with Crippen molar-refractivity contribution in [3.05, 3.63) is 64.1 Å². The summed E-state index contributed by atoms with van der Waals surface area (Å²) in [5.41, 5.74) is 1.66. The van der Waals surface area contributed by atoms with Crippen LogP contribution in [0.3, 0.4) is 0 Å². The minimum absolute atomic E-state index is 0.121. The third-order valence-corrected chi connectivity index (χ3v) is 4.85. The molecule has 0 spiro atoms. The molecule has 0 saturated heterocycles. The number of carbonyl (C=O) groups is 1. The number of benzene rings is 2. The topological polar surface area (TPSA) is 47.2 Å². The molecule has 0 aliphatic carbocycles. The molecule has 0 fully saturated rings. The van der Waals surface area contributed by atoms with Gasteiger partial charge in [-0.25, -0.2) is 13.6 Å². The SMILES string of the molecule is Cn1c(=O)n(CC(=O)N2CCCc3cc(F)cc(F)c32)c2ccccc21. The van der Waals surface area contributed by atoms with Crippen LogP contribution in [0.2, 0.25) is 0 Å². The minimum Gasteiger partial charge on any atom is -0.308 e. The fourth-order valence-corrected chi connectivity index (χ4v) is 3.64. The Morgan fingerprint density at radius 1 is 1.15 bits per heavy atom. The number of para-hydroxylation sites is 2. The lowest BCUT2D eigenvalue weighted by Gasteiger charge is -2.30. The summed E-state index contributed by atoms with van der Waals surface area (Å²) in [6.07, 6.45) is 1.13. The van der Waals surface area contributed by atoms with Gasteiger partial charge in [0.15, 0.2) is 0 Å². The second kappa shape index (κ2) is 6.09. The zero-order chi connectivity index (χ0) is 18.4. The number of carbonyl (C=O) groups excluding carboxylic acids is 1. The molecule has 0 saturated carbocycles. The van der Waals surface area contributed by atoms with Crippen molar-refractivity contribution in [3.8, 4) is 0 Å². The van der Waals surface area contributed by atoms with Gasteiger partial charge < -0.3 is 4.90 Å². The number of fused-ring (bicyclic) bond motifs is 2. The molecule has 1 aromatic heterocycles. The zero-order valence-corrected chi connectivity index (χ0v) is 14.2. The minimum atomic E-state index is -0.752. The van der Waals surface area contributed by atoms with Crippen molar-refractivity contribution in [1.82, 2.24) is 9.13 Å². The fraction of sp³-hybridized carbons (Fsp3) is 0.263. The van der Waals surface area contributed by atoms with Gasteiger partial charge in [-0.2, -0.15) is 0 Å². The van der Waals surface area contributed by atoms with E-state index in [1.54, 1.807) is 25.2 Å². The number of amides is 1. The Morgan fingerprint density at radius 3 is 2.65 bits per heavy atom. The van der Waals surface area contributed by atoms with Gasteiger partial charge in [-0.3, -0.25) is 13.9 Å². The number of halogens is 2. The average Bonchev–Trinajstić information content (AvgIpc) is 2.86. The Bertz CT molecular complexity index is 1080. The number of anilines is 1. The van der Waals surface area contributed by atoms with Crippen LogP contribution in [-0.4, -0.2) is 21.6 Å². The Labute approximate surface area is 148 Å². The number of hydrogen-bond acceptors (Lipinski definition) is 2. The first kappa shape index (κ1) is 16.5. The molecule has 1 aliphatic rings. The van der Waals surface area contributed by atoms with Crippen LogP contribution in [0.4, 0.5) is 14.5 Å². The first-order valence-corrected chi connectivity index (χ1v) is 8.40. The number of imidazole rings is 1. The standard InChI is InChI=1S/C19H17F2N3O2/c1-22-15-6-2-3-7-16(15)24(19(22)26)11-17(25)23-8-4-5-12-9-13(20)10-14(21)18(12)23/h2-3,6-7,9-10H,4-5,8,11H2,1H3. The first-order valence-electron chi connectivity index (χ1n) is 8.40. The monoisotopic (exact) mass is 357 g/mol. The van der Waals surface area contributed by atoms with Gasteiger partial charge in [0, 0.05) is 19.7 Å². The van der Waals surface area contributed by atoms with Crippen molar-refractivity contribution < 1.29 is 13.6 Å². The molecule has 1 amide bonds. The third kappa shape index (κ3) is 2.51. The lowest BCUT2D eigenvalue weighted by atomic mass is 10.0. The Balaban J connectivity index is 1.74. The van der Waals surface area contributed by atoms with Crippen LogP contribution in [0.5, 0.6) is 0 Å². The summed E-state index contributed by atoms with van der Waals surface area (Å²) in [5.74, 6) is -1.80. The number of aryl methyl sites for hydroxylation is 2. The van der Waals surface area contributed by atoms with E-state index in [4.69, 9.17) is 0 Å². The molecule has 0 N–H and O–H groups in total. The van der Waals surface area contributed by atoms with Crippen LogP contribution in [0, 0.1) is 11.6 Å². The molecule has 1 aliphatic heterocycles. The second-order valence-electron chi connectivity index (χ2n) is 6.46. The van der Waals surface area contributed by atoms with Crippen molar-refractivity contribution in [3.63, 3.8) is 0 Å². The van der Waals surface area contributed by atoms with E-state index in [0.717, 1.165) is 11.6 Å². The van der Waals surface area contributed by atoms with Gasteiger partial charge in [0.25, 0.3) is 0 Å². The maximum Gasteiger partial charge on any atom is 0.329 e. The average molecular weight is 357 g/mol. The molecule has 5 nitrogen and oxygen atoms in total. The predicted molar refractivity (Wildman–Crippen MR) is 94.2 cm³/mol. The number of aromatic nitrogens is 2. The van der Waals surface area contributed by atoms with E-state index in [2.05, 4.69) is 0 Å². The van der Waals surface area contributed by atoms with Crippen molar-refractivity contribution in [2.24, 2.45) is 7.05 Å². The highest BCUT2D eigenvalue weighted by Gasteiger charge is 2.27. The van der Waals surface area contributed by atoms with E-state index < -0.39 is 17.5 Å². The van der Waals surface area contributed by atoms with Crippen LogP contribution in [-0.2, 0) is 24.8 Å². The van der Waals surface area contributed by atoms with Gasteiger partial charge in [-0.15, -0.1) is 0 Å². The zero-order valence-electron chi connectivity index (χ0n) is 14.2. The highest BCUT2D eigenvalue weighted by Crippen LogP contribution is 2.31. The van der Waals surface area contributed by atoms with Crippen LogP contribution in [0.25, 0.3) is 11.0 Å².